The van der Waals surface area contributed by atoms with Gasteiger partial charge in [-0.3, -0.25) is 0 Å². The van der Waals surface area contributed by atoms with Gasteiger partial charge < -0.3 is 13.9 Å². The van der Waals surface area contributed by atoms with E-state index in [4.69, 9.17) is 13.9 Å². The highest BCUT2D eigenvalue weighted by Crippen LogP contribution is 2.35. The standard InChI is InChI=1S/C22H25N3O5S/c1-15-6-8-16(9-7-15)21-23-24-22(30-21)17-5-4-12-25(14-17)31(26,27)20-13-18(28-2)10-11-19(20)29-3/h6-11,13,17H,4-5,12,14H2,1-3H3/t17-/m1/s1. The predicted molar refractivity (Wildman–Crippen MR) is 115 cm³/mol. The number of aromatic nitrogens is 2. The molecular weight excluding hydrogens is 418 g/mol. The molecule has 1 aromatic heterocycles. The quantitative estimate of drug-likeness (QED) is 0.574. The summed E-state index contributed by atoms with van der Waals surface area (Å²) >= 11 is 0. The lowest BCUT2D eigenvalue weighted by atomic mass is 10.00. The molecule has 164 valence electrons. The Bertz CT molecular complexity index is 1160. The van der Waals surface area contributed by atoms with E-state index in [0.29, 0.717) is 30.5 Å². The molecule has 0 bridgehead atoms. The Kier molecular flexibility index (Phi) is 5.97. The molecule has 0 N–H and O–H groups in total. The summed E-state index contributed by atoms with van der Waals surface area (Å²) in [5.74, 6) is 1.44. The van der Waals surface area contributed by atoms with E-state index < -0.39 is 10.0 Å². The highest BCUT2D eigenvalue weighted by atomic mass is 32.2. The molecule has 2 aromatic carbocycles. The van der Waals surface area contributed by atoms with Crippen molar-refractivity contribution in [1.29, 1.82) is 0 Å². The first-order valence-corrected chi connectivity index (χ1v) is 11.5. The van der Waals surface area contributed by atoms with Gasteiger partial charge in [-0.15, -0.1) is 10.2 Å². The third-order valence-corrected chi connectivity index (χ3v) is 7.35. The van der Waals surface area contributed by atoms with Gasteiger partial charge in [-0.05, 0) is 44.0 Å². The van der Waals surface area contributed by atoms with Gasteiger partial charge in [0.05, 0.1) is 20.1 Å². The average Bonchev–Trinajstić information content (AvgIpc) is 3.29. The van der Waals surface area contributed by atoms with E-state index in [1.54, 1.807) is 12.1 Å². The van der Waals surface area contributed by atoms with E-state index in [2.05, 4.69) is 10.2 Å². The molecule has 9 heteroatoms. The number of methoxy groups -OCH3 is 2. The smallest absolute Gasteiger partial charge is 0.247 e. The minimum absolute atomic E-state index is 0.0841. The van der Waals surface area contributed by atoms with Crippen molar-refractivity contribution >= 4 is 10.0 Å². The summed E-state index contributed by atoms with van der Waals surface area (Å²) in [5, 5.41) is 8.37. The zero-order chi connectivity index (χ0) is 22.0. The van der Waals surface area contributed by atoms with Crippen molar-refractivity contribution in [3.8, 4) is 23.0 Å². The van der Waals surface area contributed by atoms with Crippen LogP contribution in [0.25, 0.3) is 11.5 Å². The molecule has 1 aliphatic rings. The topological polar surface area (TPSA) is 94.8 Å². The summed E-state index contributed by atoms with van der Waals surface area (Å²) in [6.45, 7) is 2.69. The first kappa shape index (κ1) is 21.3. The number of sulfonamides is 1. The zero-order valence-electron chi connectivity index (χ0n) is 17.7. The molecule has 1 fully saturated rings. The van der Waals surface area contributed by atoms with Crippen LogP contribution in [-0.4, -0.2) is 50.2 Å². The molecule has 0 unspecified atom stereocenters. The zero-order valence-corrected chi connectivity index (χ0v) is 18.6. The predicted octanol–water partition coefficient (Wildman–Crippen LogP) is 3.63. The normalized spacial score (nSPS) is 17.5. The molecule has 3 aromatic rings. The van der Waals surface area contributed by atoms with Crippen molar-refractivity contribution in [1.82, 2.24) is 14.5 Å². The van der Waals surface area contributed by atoms with Crippen LogP contribution in [0.2, 0.25) is 0 Å². The molecule has 1 atom stereocenters. The number of hydrogen-bond donors (Lipinski definition) is 0. The molecule has 0 aliphatic carbocycles. The molecule has 0 amide bonds. The van der Waals surface area contributed by atoms with Crippen LogP contribution < -0.4 is 9.47 Å². The average molecular weight is 444 g/mol. The van der Waals surface area contributed by atoms with Crippen molar-refractivity contribution in [3.63, 3.8) is 0 Å². The molecule has 1 saturated heterocycles. The van der Waals surface area contributed by atoms with Crippen molar-refractivity contribution in [2.75, 3.05) is 27.3 Å². The SMILES string of the molecule is COc1ccc(OC)c(S(=O)(=O)N2CCC[C@@H](c3nnc(-c4ccc(C)cc4)o3)C2)c1. The van der Waals surface area contributed by atoms with Crippen LogP contribution in [0.4, 0.5) is 0 Å². The summed E-state index contributed by atoms with van der Waals surface area (Å²) in [6, 6.07) is 12.6. The first-order chi connectivity index (χ1) is 14.9. The second-order valence-electron chi connectivity index (χ2n) is 7.53. The summed E-state index contributed by atoms with van der Waals surface area (Å²) in [7, 11) is -0.844. The molecular formula is C22H25N3O5S. The van der Waals surface area contributed by atoms with Crippen LogP contribution in [0.5, 0.6) is 11.5 Å². The van der Waals surface area contributed by atoms with E-state index >= 15 is 0 Å². The fourth-order valence-electron chi connectivity index (χ4n) is 3.70. The van der Waals surface area contributed by atoms with Crippen molar-refractivity contribution in [2.45, 2.75) is 30.6 Å². The van der Waals surface area contributed by atoms with Crippen molar-refractivity contribution < 1.29 is 22.3 Å². The number of ether oxygens (including phenoxy) is 2. The number of nitrogens with zero attached hydrogens (tertiary/aromatic N) is 3. The van der Waals surface area contributed by atoms with Gasteiger partial charge in [0.15, 0.2) is 0 Å². The van der Waals surface area contributed by atoms with Crippen LogP contribution in [0.15, 0.2) is 51.8 Å². The lowest BCUT2D eigenvalue weighted by Gasteiger charge is -2.30. The van der Waals surface area contributed by atoms with Crippen LogP contribution >= 0.6 is 0 Å². The summed E-state index contributed by atoms with van der Waals surface area (Å²) in [5.41, 5.74) is 1.98. The third-order valence-electron chi connectivity index (χ3n) is 5.46. The van der Waals surface area contributed by atoms with Crippen LogP contribution in [0, 0.1) is 6.92 Å². The molecule has 1 aliphatic heterocycles. The summed E-state index contributed by atoms with van der Waals surface area (Å²) in [4.78, 5) is 0.0841. The van der Waals surface area contributed by atoms with E-state index in [0.717, 1.165) is 17.5 Å². The molecule has 4 rings (SSSR count). The summed E-state index contributed by atoms with van der Waals surface area (Å²) < 4.78 is 44.6. The number of aryl methyl sites for hydroxylation is 1. The van der Waals surface area contributed by atoms with Crippen molar-refractivity contribution in [3.05, 3.63) is 53.9 Å². The maximum absolute atomic E-state index is 13.4. The van der Waals surface area contributed by atoms with Gasteiger partial charge in [-0.1, -0.05) is 17.7 Å². The third kappa shape index (κ3) is 4.28. The highest BCUT2D eigenvalue weighted by Gasteiger charge is 2.35. The Balaban J connectivity index is 1.58. The molecule has 8 nitrogen and oxygen atoms in total. The van der Waals surface area contributed by atoms with Gasteiger partial charge in [-0.25, -0.2) is 8.42 Å². The molecule has 2 heterocycles. The Labute approximate surface area is 181 Å². The lowest BCUT2D eigenvalue weighted by molar-refractivity contribution is 0.285. The largest absolute Gasteiger partial charge is 0.497 e. The van der Waals surface area contributed by atoms with E-state index in [9.17, 15) is 8.42 Å². The Morgan fingerprint density at radius 3 is 2.55 bits per heavy atom. The monoisotopic (exact) mass is 443 g/mol. The fourth-order valence-corrected chi connectivity index (χ4v) is 5.39. The number of hydrogen-bond acceptors (Lipinski definition) is 7. The molecule has 0 radical (unpaired) electrons. The van der Waals surface area contributed by atoms with E-state index in [1.807, 2.05) is 31.2 Å². The highest BCUT2D eigenvalue weighted by molar-refractivity contribution is 7.89. The Morgan fingerprint density at radius 2 is 1.84 bits per heavy atom. The summed E-state index contributed by atoms with van der Waals surface area (Å²) in [6.07, 6.45) is 1.47. The van der Waals surface area contributed by atoms with Crippen LogP contribution in [0.3, 0.4) is 0 Å². The lowest BCUT2D eigenvalue weighted by Crippen LogP contribution is -2.39. The molecule has 31 heavy (non-hydrogen) atoms. The van der Waals surface area contributed by atoms with Crippen LogP contribution in [-0.2, 0) is 10.0 Å². The van der Waals surface area contributed by atoms with Crippen molar-refractivity contribution in [2.24, 2.45) is 0 Å². The molecule has 0 saturated carbocycles. The second-order valence-corrected chi connectivity index (χ2v) is 9.44. The van der Waals surface area contributed by atoms with Gasteiger partial charge in [0.25, 0.3) is 0 Å². The van der Waals surface area contributed by atoms with Gasteiger partial charge in [-0.2, -0.15) is 4.31 Å². The van der Waals surface area contributed by atoms with Gasteiger partial charge >= 0.3 is 0 Å². The fraction of sp³-hybridized carbons (Fsp3) is 0.364. The maximum atomic E-state index is 13.4. The minimum atomic E-state index is -3.79. The number of piperidine rings is 1. The second kappa shape index (κ2) is 8.68. The van der Waals surface area contributed by atoms with Crippen LogP contribution in [0.1, 0.15) is 30.2 Å². The van der Waals surface area contributed by atoms with E-state index in [-0.39, 0.29) is 23.1 Å². The Hall–Kier alpha value is -2.91. The van der Waals surface area contributed by atoms with Gasteiger partial charge in [0, 0.05) is 24.7 Å². The van der Waals surface area contributed by atoms with Gasteiger partial charge in [0.1, 0.15) is 16.4 Å². The van der Waals surface area contributed by atoms with Gasteiger partial charge in [0.2, 0.25) is 21.8 Å². The molecule has 0 spiro atoms. The number of rotatable bonds is 6. The Morgan fingerprint density at radius 1 is 1.06 bits per heavy atom. The number of benzene rings is 2. The van der Waals surface area contributed by atoms with E-state index in [1.165, 1.54) is 24.6 Å². The minimum Gasteiger partial charge on any atom is -0.497 e. The maximum Gasteiger partial charge on any atom is 0.247 e. The first-order valence-electron chi connectivity index (χ1n) is 10.0.